The average Bonchev–Trinajstić information content (AvgIpc) is 3.21. The second kappa shape index (κ2) is 6.08. The Morgan fingerprint density at radius 1 is 1.04 bits per heavy atom. The first-order chi connectivity index (χ1) is 11.3. The van der Waals surface area contributed by atoms with Crippen LogP contribution in [-0.2, 0) is 0 Å². The maximum Gasteiger partial charge on any atom is 0.254 e. The number of rotatable bonds is 3. The average molecular weight is 326 g/mol. The topological polar surface area (TPSA) is 25.2 Å². The molecule has 3 nitrogen and oxygen atoms in total. The summed E-state index contributed by atoms with van der Waals surface area (Å²) in [7, 11) is 0. The number of piperidine rings is 1. The molecule has 0 spiro atoms. The van der Waals surface area contributed by atoms with E-state index in [9.17, 15) is 4.79 Å². The lowest BCUT2D eigenvalue weighted by atomic mass is 10.0. The van der Waals surface area contributed by atoms with Crippen molar-refractivity contribution in [2.45, 2.75) is 43.0 Å². The summed E-state index contributed by atoms with van der Waals surface area (Å²) >= 11 is 1.96. The number of hydrogen-bond donors (Lipinski definition) is 0. The zero-order valence-electron chi connectivity index (χ0n) is 13.4. The van der Waals surface area contributed by atoms with E-state index in [1.165, 1.54) is 12.8 Å². The Kier molecular flexibility index (Phi) is 3.93. The number of benzene rings is 1. The van der Waals surface area contributed by atoms with Crippen LogP contribution in [-0.4, -0.2) is 39.0 Å². The summed E-state index contributed by atoms with van der Waals surface area (Å²) in [6.07, 6.45) is 10.9. The molecule has 23 heavy (non-hydrogen) atoms. The molecule has 2 aliphatic heterocycles. The zero-order valence-corrected chi connectivity index (χ0v) is 14.2. The van der Waals surface area contributed by atoms with Gasteiger partial charge in [0.2, 0.25) is 0 Å². The highest BCUT2D eigenvalue weighted by atomic mass is 32.2. The van der Waals surface area contributed by atoms with Crippen LogP contribution >= 0.6 is 11.8 Å². The third kappa shape index (κ3) is 2.69. The van der Waals surface area contributed by atoms with Crippen LogP contribution in [0.1, 0.15) is 36.0 Å². The SMILES string of the molecule is CSC1CC2CCC(C1)N2C(=O)c1ccc(-n2cccc2)cc1. The molecule has 2 aliphatic rings. The minimum atomic E-state index is 0.219. The van der Waals surface area contributed by atoms with Crippen LogP contribution in [0.15, 0.2) is 48.8 Å². The molecule has 0 N–H and O–H groups in total. The maximum absolute atomic E-state index is 13.0. The van der Waals surface area contributed by atoms with Gasteiger partial charge in [-0.25, -0.2) is 0 Å². The highest BCUT2D eigenvalue weighted by molar-refractivity contribution is 7.99. The molecule has 0 saturated carbocycles. The van der Waals surface area contributed by atoms with E-state index in [0.29, 0.717) is 12.1 Å². The van der Waals surface area contributed by atoms with Gasteiger partial charge in [0.25, 0.3) is 5.91 Å². The van der Waals surface area contributed by atoms with Gasteiger partial charge in [0.15, 0.2) is 0 Å². The molecule has 2 aromatic rings. The molecule has 2 bridgehead atoms. The number of amides is 1. The van der Waals surface area contributed by atoms with Gasteiger partial charge in [-0.1, -0.05) is 0 Å². The predicted molar refractivity (Wildman–Crippen MR) is 95.3 cm³/mol. The highest BCUT2D eigenvalue weighted by Gasteiger charge is 2.43. The first kappa shape index (κ1) is 14.9. The van der Waals surface area contributed by atoms with Gasteiger partial charge in [0, 0.05) is 41.0 Å². The van der Waals surface area contributed by atoms with Gasteiger partial charge < -0.3 is 9.47 Å². The number of hydrogen-bond acceptors (Lipinski definition) is 2. The van der Waals surface area contributed by atoms with Gasteiger partial charge >= 0.3 is 0 Å². The standard InChI is InChI=1S/C19H22N2OS/c1-23-18-12-16-8-9-17(13-18)21(16)19(22)14-4-6-15(7-5-14)20-10-2-3-11-20/h2-7,10-11,16-18H,8-9,12-13H2,1H3. The van der Waals surface area contributed by atoms with Crippen molar-refractivity contribution >= 4 is 17.7 Å². The van der Waals surface area contributed by atoms with Crippen LogP contribution in [0.2, 0.25) is 0 Å². The van der Waals surface area contributed by atoms with Crippen LogP contribution < -0.4 is 0 Å². The summed E-state index contributed by atoms with van der Waals surface area (Å²) in [4.78, 5) is 15.1. The fraction of sp³-hybridized carbons (Fsp3) is 0.421. The van der Waals surface area contributed by atoms with Crippen molar-refractivity contribution in [1.82, 2.24) is 9.47 Å². The quantitative estimate of drug-likeness (QED) is 0.852. The molecule has 0 aliphatic carbocycles. The molecule has 3 heterocycles. The summed E-state index contributed by atoms with van der Waals surface area (Å²) in [5.41, 5.74) is 1.91. The van der Waals surface area contributed by atoms with Gasteiger partial charge in [-0.15, -0.1) is 0 Å². The van der Waals surface area contributed by atoms with Crippen molar-refractivity contribution in [3.8, 4) is 5.69 Å². The van der Waals surface area contributed by atoms with Crippen LogP contribution in [0.25, 0.3) is 5.69 Å². The van der Waals surface area contributed by atoms with Crippen molar-refractivity contribution in [3.05, 3.63) is 54.4 Å². The molecular weight excluding hydrogens is 304 g/mol. The molecule has 2 fully saturated rings. The van der Waals surface area contributed by atoms with Crippen molar-refractivity contribution < 1.29 is 4.79 Å². The van der Waals surface area contributed by atoms with Gasteiger partial charge in [-0.3, -0.25) is 4.79 Å². The van der Waals surface area contributed by atoms with Crippen LogP contribution in [0.5, 0.6) is 0 Å². The Morgan fingerprint density at radius 3 is 2.22 bits per heavy atom. The fourth-order valence-corrected chi connectivity index (χ4v) is 4.91. The van der Waals surface area contributed by atoms with E-state index in [4.69, 9.17) is 0 Å². The van der Waals surface area contributed by atoms with E-state index in [1.807, 2.05) is 60.6 Å². The third-order valence-electron chi connectivity index (χ3n) is 5.27. The summed E-state index contributed by atoms with van der Waals surface area (Å²) in [5.74, 6) is 0.219. The van der Waals surface area contributed by atoms with Crippen molar-refractivity contribution in [1.29, 1.82) is 0 Å². The van der Waals surface area contributed by atoms with Gasteiger partial charge in [0.1, 0.15) is 0 Å². The van der Waals surface area contributed by atoms with Crippen molar-refractivity contribution in [2.24, 2.45) is 0 Å². The lowest BCUT2D eigenvalue weighted by Gasteiger charge is -2.38. The molecule has 4 heteroatoms. The van der Waals surface area contributed by atoms with Crippen LogP contribution in [0.4, 0.5) is 0 Å². The van der Waals surface area contributed by atoms with E-state index in [0.717, 1.165) is 29.3 Å². The van der Waals surface area contributed by atoms with Crippen LogP contribution in [0.3, 0.4) is 0 Å². The molecule has 2 atom stereocenters. The summed E-state index contributed by atoms with van der Waals surface area (Å²) in [6, 6.07) is 12.9. The highest BCUT2D eigenvalue weighted by Crippen LogP contribution is 2.40. The summed E-state index contributed by atoms with van der Waals surface area (Å²) < 4.78 is 2.06. The number of nitrogens with zero attached hydrogens (tertiary/aromatic N) is 2. The predicted octanol–water partition coefficient (Wildman–Crippen LogP) is 3.98. The Labute approximate surface area is 141 Å². The molecule has 4 rings (SSSR count). The summed E-state index contributed by atoms with van der Waals surface area (Å²) in [5, 5.41) is 0.729. The monoisotopic (exact) mass is 326 g/mol. The molecule has 0 radical (unpaired) electrons. The molecular formula is C19H22N2OS. The van der Waals surface area contributed by atoms with E-state index in [2.05, 4.69) is 15.7 Å². The maximum atomic E-state index is 13.0. The minimum absolute atomic E-state index is 0.219. The van der Waals surface area contributed by atoms with Crippen LogP contribution in [0, 0.1) is 0 Å². The molecule has 1 aromatic carbocycles. The Bertz CT molecular complexity index is 666. The summed E-state index contributed by atoms with van der Waals surface area (Å²) in [6.45, 7) is 0. The third-order valence-corrected chi connectivity index (χ3v) is 6.33. The number of carbonyl (C=O) groups is 1. The second-order valence-electron chi connectivity index (χ2n) is 6.56. The Balaban J connectivity index is 1.53. The zero-order chi connectivity index (χ0) is 15.8. The van der Waals surface area contributed by atoms with Gasteiger partial charge in [-0.2, -0.15) is 11.8 Å². The Hall–Kier alpha value is -1.68. The lowest BCUT2D eigenvalue weighted by molar-refractivity contribution is 0.0601. The molecule has 2 unspecified atom stereocenters. The molecule has 120 valence electrons. The van der Waals surface area contributed by atoms with E-state index in [-0.39, 0.29) is 5.91 Å². The van der Waals surface area contributed by atoms with Gasteiger partial charge in [0.05, 0.1) is 0 Å². The Morgan fingerprint density at radius 2 is 1.65 bits per heavy atom. The van der Waals surface area contributed by atoms with Crippen molar-refractivity contribution in [3.63, 3.8) is 0 Å². The molecule has 1 amide bonds. The van der Waals surface area contributed by atoms with Crippen molar-refractivity contribution in [2.75, 3.05) is 6.26 Å². The first-order valence-corrected chi connectivity index (χ1v) is 9.64. The van der Waals surface area contributed by atoms with E-state index in [1.54, 1.807) is 0 Å². The number of aromatic nitrogens is 1. The van der Waals surface area contributed by atoms with E-state index < -0.39 is 0 Å². The lowest BCUT2D eigenvalue weighted by Crippen LogP contribution is -2.47. The minimum Gasteiger partial charge on any atom is -0.333 e. The van der Waals surface area contributed by atoms with E-state index >= 15 is 0 Å². The number of thioether (sulfide) groups is 1. The molecule has 1 aromatic heterocycles. The normalized spacial score (nSPS) is 26.5. The number of carbonyl (C=O) groups excluding carboxylic acids is 1. The smallest absolute Gasteiger partial charge is 0.254 e. The first-order valence-electron chi connectivity index (χ1n) is 8.35. The molecule has 2 saturated heterocycles. The largest absolute Gasteiger partial charge is 0.333 e. The van der Waals surface area contributed by atoms with Gasteiger partial charge in [-0.05, 0) is 68.3 Å². The second-order valence-corrected chi connectivity index (χ2v) is 7.70. The number of fused-ring (bicyclic) bond motifs is 2. The fourth-order valence-electron chi connectivity index (χ4n) is 4.08.